The lowest BCUT2D eigenvalue weighted by Crippen LogP contribution is -2.17. The van der Waals surface area contributed by atoms with E-state index in [1.165, 1.54) is 19.3 Å². The van der Waals surface area contributed by atoms with Crippen molar-refractivity contribution in [1.82, 2.24) is 19.7 Å². The molecule has 0 unspecified atom stereocenters. The van der Waals surface area contributed by atoms with Crippen LogP contribution in [0.15, 0.2) is 24.4 Å². The second-order valence-corrected chi connectivity index (χ2v) is 8.42. The van der Waals surface area contributed by atoms with Gasteiger partial charge in [0.15, 0.2) is 16.3 Å². The Morgan fingerprint density at radius 2 is 2.15 bits per heavy atom. The third kappa shape index (κ3) is 3.48. The summed E-state index contributed by atoms with van der Waals surface area (Å²) in [5, 5.41) is 8.89. The fourth-order valence-corrected chi connectivity index (χ4v) is 5.04. The van der Waals surface area contributed by atoms with Crippen molar-refractivity contribution in [2.45, 2.75) is 44.8 Å². The van der Waals surface area contributed by atoms with E-state index in [-0.39, 0.29) is 0 Å². The van der Waals surface area contributed by atoms with Gasteiger partial charge in [-0.15, -0.1) is 0 Å². The quantitative estimate of drug-likeness (QED) is 0.362. The molecular weight excluding hydrogens is 483 g/mol. The lowest BCUT2D eigenvalue weighted by atomic mass is 9.95. The van der Waals surface area contributed by atoms with Crippen molar-refractivity contribution >= 4 is 57.3 Å². The summed E-state index contributed by atoms with van der Waals surface area (Å²) in [6.07, 6.45) is 7.81. The van der Waals surface area contributed by atoms with E-state index in [4.69, 9.17) is 28.6 Å². The summed E-state index contributed by atoms with van der Waals surface area (Å²) in [5.74, 6) is 1.56. The van der Waals surface area contributed by atoms with Crippen LogP contribution in [0.5, 0.6) is 5.75 Å². The molecule has 136 valence electrons. The Hall–Kier alpha value is -1.19. The minimum Gasteiger partial charge on any atom is -0.482 e. The molecule has 1 fully saturated rings. The number of rotatable bonds is 4. The van der Waals surface area contributed by atoms with Crippen LogP contribution in [-0.2, 0) is 6.61 Å². The van der Waals surface area contributed by atoms with Crippen molar-refractivity contribution in [3.63, 3.8) is 0 Å². The molecule has 0 aliphatic heterocycles. The number of nitrogens with zero attached hydrogens (tertiary/aromatic N) is 3. The van der Waals surface area contributed by atoms with Gasteiger partial charge in [0.2, 0.25) is 0 Å². The fourth-order valence-electron chi connectivity index (χ4n) is 3.58. The lowest BCUT2D eigenvalue weighted by Gasteiger charge is -2.24. The second kappa shape index (κ2) is 7.82. The summed E-state index contributed by atoms with van der Waals surface area (Å²) in [4.78, 5) is 4.46. The van der Waals surface area contributed by atoms with Crippen LogP contribution in [-0.4, -0.2) is 19.7 Å². The first-order chi connectivity index (χ1) is 12.6. The molecule has 1 aromatic carbocycles. The molecule has 1 N–H and O–H groups in total. The van der Waals surface area contributed by atoms with E-state index in [0.717, 1.165) is 38.9 Å². The Labute approximate surface area is 175 Å². The first kappa shape index (κ1) is 18.2. The summed E-state index contributed by atoms with van der Waals surface area (Å²) in [5.41, 5.74) is 0.766. The number of fused-ring (bicyclic) bond motifs is 1. The van der Waals surface area contributed by atoms with Gasteiger partial charge in [0, 0.05) is 17.6 Å². The Kier molecular flexibility index (Phi) is 5.47. The van der Waals surface area contributed by atoms with Gasteiger partial charge in [-0.2, -0.15) is 5.10 Å². The topological polar surface area (TPSA) is 55.7 Å². The summed E-state index contributed by atoms with van der Waals surface area (Å²) < 4.78 is 9.89. The number of pyridine rings is 1. The highest BCUT2D eigenvalue weighted by Gasteiger charge is 2.21. The molecule has 1 saturated carbocycles. The highest BCUT2D eigenvalue weighted by atomic mass is 127. The first-order valence-electron chi connectivity index (χ1n) is 8.66. The van der Waals surface area contributed by atoms with Gasteiger partial charge in [0.1, 0.15) is 12.1 Å². The van der Waals surface area contributed by atoms with Crippen molar-refractivity contribution in [2.75, 3.05) is 0 Å². The van der Waals surface area contributed by atoms with E-state index in [1.54, 1.807) is 6.20 Å². The number of aromatic nitrogens is 4. The maximum Gasteiger partial charge on any atom is 0.195 e. The van der Waals surface area contributed by atoms with E-state index in [0.29, 0.717) is 22.4 Å². The monoisotopic (exact) mass is 500 g/mol. The van der Waals surface area contributed by atoms with Crippen LogP contribution in [0.2, 0.25) is 5.02 Å². The van der Waals surface area contributed by atoms with E-state index in [2.05, 4.69) is 42.3 Å². The van der Waals surface area contributed by atoms with Crippen molar-refractivity contribution in [3.8, 4) is 5.75 Å². The van der Waals surface area contributed by atoms with Gasteiger partial charge >= 0.3 is 0 Å². The number of ether oxygens (including phenoxy) is 1. The number of nitrogens with one attached hydrogen (secondary N) is 1. The Bertz CT molecular complexity index is 997. The third-order valence-corrected chi connectivity index (χ3v) is 6.22. The zero-order chi connectivity index (χ0) is 18.1. The molecule has 0 amide bonds. The van der Waals surface area contributed by atoms with Gasteiger partial charge < -0.3 is 4.74 Å². The Morgan fingerprint density at radius 3 is 2.96 bits per heavy atom. The van der Waals surface area contributed by atoms with E-state index < -0.39 is 0 Å². The van der Waals surface area contributed by atoms with Crippen molar-refractivity contribution in [3.05, 3.63) is 43.6 Å². The van der Waals surface area contributed by atoms with Crippen molar-refractivity contribution < 1.29 is 4.74 Å². The molecule has 0 spiro atoms. The highest BCUT2D eigenvalue weighted by Crippen LogP contribution is 2.35. The lowest BCUT2D eigenvalue weighted by molar-refractivity contribution is 0.271. The van der Waals surface area contributed by atoms with Crippen LogP contribution in [0.4, 0.5) is 0 Å². The minimum absolute atomic E-state index is 0.340. The number of hydrogen-bond acceptors (Lipinski definition) is 4. The molecule has 2 aromatic heterocycles. The number of aromatic amines is 1. The predicted molar refractivity (Wildman–Crippen MR) is 113 cm³/mol. The van der Waals surface area contributed by atoms with Crippen LogP contribution in [0.3, 0.4) is 0 Å². The van der Waals surface area contributed by atoms with Crippen LogP contribution in [0.25, 0.3) is 10.9 Å². The molecule has 1 aliphatic carbocycles. The number of hydrogen-bond donors (Lipinski definition) is 1. The summed E-state index contributed by atoms with van der Waals surface area (Å²) in [7, 11) is 0. The smallest absolute Gasteiger partial charge is 0.195 e. The molecule has 0 atom stereocenters. The molecule has 2 heterocycles. The molecule has 0 saturated heterocycles. The molecule has 0 radical (unpaired) electrons. The summed E-state index contributed by atoms with van der Waals surface area (Å²) in [6, 6.07) is 6.14. The molecular formula is C18H18ClIN4OS. The molecule has 3 aromatic rings. The summed E-state index contributed by atoms with van der Waals surface area (Å²) >= 11 is 14.0. The zero-order valence-electron chi connectivity index (χ0n) is 14.0. The predicted octanol–water partition coefficient (Wildman–Crippen LogP) is 5.83. The average molecular weight is 501 g/mol. The van der Waals surface area contributed by atoms with Crippen LogP contribution in [0.1, 0.15) is 44.0 Å². The molecule has 4 rings (SSSR count). The zero-order valence-corrected chi connectivity index (χ0v) is 17.8. The number of benzene rings is 1. The van der Waals surface area contributed by atoms with E-state index in [1.807, 2.05) is 18.2 Å². The fraction of sp³-hybridized carbons (Fsp3) is 0.389. The first-order valence-corrected chi connectivity index (χ1v) is 10.5. The average Bonchev–Trinajstić information content (AvgIpc) is 3.03. The molecule has 1 aliphatic rings. The van der Waals surface area contributed by atoms with E-state index in [9.17, 15) is 0 Å². The van der Waals surface area contributed by atoms with Gasteiger partial charge in [-0.05, 0) is 65.8 Å². The van der Waals surface area contributed by atoms with Crippen LogP contribution >= 0.6 is 46.4 Å². The Balaban J connectivity index is 1.65. The van der Waals surface area contributed by atoms with Crippen LogP contribution in [0, 0.1) is 8.34 Å². The normalized spacial score (nSPS) is 15.5. The van der Waals surface area contributed by atoms with Crippen molar-refractivity contribution in [1.29, 1.82) is 0 Å². The molecule has 5 nitrogen and oxygen atoms in total. The number of halogens is 2. The second-order valence-electron chi connectivity index (χ2n) is 6.46. The third-order valence-electron chi connectivity index (χ3n) is 4.81. The standard InChI is InChI=1S/C18H18ClIN4OS/c19-13-9-14(20)17(16-12(13)7-4-8-21-16)25-10-15-22-23-18(26)24(15)11-5-2-1-3-6-11/h4,7-9,11H,1-3,5-6,10H2,(H,23,26). The van der Waals surface area contributed by atoms with Gasteiger partial charge in [-0.1, -0.05) is 30.9 Å². The van der Waals surface area contributed by atoms with Crippen molar-refractivity contribution in [2.24, 2.45) is 0 Å². The maximum absolute atomic E-state index is 6.35. The minimum atomic E-state index is 0.340. The number of H-pyrrole nitrogens is 1. The molecule has 0 bridgehead atoms. The molecule has 26 heavy (non-hydrogen) atoms. The molecule has 8 heteroatoms. The van der Waals surface area contributed by atoms with Gasteiger partial charge in [0.05, 0.1) is 8.59 Å². The van der Waals surface area contributed by atoms with E-state index >= 15 is 0 Å². The highest BCUT2D eigenvalue weighted by molar-refractivity contribution is 14.1. The van der Waals surface area contributed by atoms with Gasteiger partial charge in [0.25, 0.3) is 0 Å². The largest absolute Gasteiger partial charge is 0.482 e. The van der Waals surface area contributed by atoms with Crippen LogP contribution < -0.4 is 4.74 Å². The van der Waals surface area contributed by atoms with Gasteiger partial charge in [-0.25, -0.2) is 0 Å². The maximum atomic E-state index is 6.35. The van der Waals surface area contributed by atoms with Gasteiger partial charge in [-0.3, -0.25) is 14.6 Å². The Morgan fingerprint density at radius 1 is 1.35 bits per heavy atom. The SMILES string of the molecule is S=c1[nH]nc(COc2c(I)cc(Cl)c3cccnc23)n1C1CCCCC1. The summed E-state index contributed by atoms with van der Waals surface area (Å²) in [6.45, 7) is 0.340.